The van der Waals surface area contributed by atoms with Crippen LogP contribution in [0.4, 0.5) is 5.69 Å². The van der Waals surface area contributed by atoms with E-state index in [0.29, 0.717) is 10.0 Å². The molecule has 2 aromatic carbocycles. The molecule has 0 saturated heterocycles. The summed E-state index contributed by atoms with van der Waals surface area (Å²) in [5.41, 5.74) is 0.619. The summed E-state index contributed by atoms with van der Waals surface area (Å²) < 4.78 is 5.48. The number of nitrogens with one attached hydrogen (secondary N) is 1. The van der Waals surface area contributed by atoms with Gasteiger partial charge >= 0.3 is 0 Å². The Morgan fingerprint density at radius 1 is 1.20 bits per heavy atom. The third-order valence-corrected chi connectivity index (χ3v) is 4.06. The molecule has 0 aliphatic rings. The van der Waals surface area contributed by atoms with Gasteiger partial charge in [0, 0.05) is 16.1 Å². The molecule has 0 unspecified atom stereocenters. The van der Waals surface area contributed by atoms with E-state index in [1.807, 2.05) is 0 Å². The van der Waals surface area contributed by atoms with Gasteiger partial charge in [-0.15, -0.1) is 0 Å². The van der Waals surface area contributed by atoms with E-state index in [-0.39, 0.29) is 23.4 Å². The monoisotopic (exact) mass is 382 g/mol. The van der Waals surface area contributed by atoms with Crippen molar-refractivity contribution in [3.63, 3.8) is 0 Å². The summed E-state index contributed by atoms with van der Waals surface area (Å²) in [6.07, 6.45) is -0.837. The summed E-state index contributed by atoms with van der Waals surface area (Å²) in [7, 11) is 0. The summed E-state index contributed by atoms with van der Waals surface area (Å²) >= 11 is 12.0. The summed E-state index contributed by atoms with van der Waals surface area (Å²) in [5, 5.41) is 14.5. The SMILES string of the molecule is C[C@H](Oc1cccc([N+](=O)[O-])c1)C(=O)N[C@@H](C)c1ccc(Cl)cc1Cl. The second kappa shape index (κ2) is 8.18. The molecule has 0 bridgehead atoms. The number of nitrogens with zero attached hydrogens (tertiary/aromatic N) is 1. The average molecular weight is 383 g/mol. The number of halogens is 2. The maximum Gasteiger partial charge on any atom is 0.273 e. The Hall–Kier alpha value is -2.31. The molecule has 0 saturated carbocycles. The first-order valence-corrected chi connectivity index (χ1v) is 8.20. The Morgan fingerprint density at radius 2 is 1.92 bits per heavy atom. The van der Waals surface area contributed by atoms with Crippen LogP contribution in [0.15, 0.2) is 42.5 Å². The van der Waals surface area contributed by atoms with Gasteiger partial charge in [0.25, 0.3) is 11.6 Å². The van der Waals surface area contributed by atoms with E-state index >= 15 is 0 Å². The molecule has 0 fully saturated rings. The van der Waals surface area contributed by atoms with Crippen molar-refractivity contribution in [1.82, 2.24) is 5.32 Å². The number of nitro benzene ring substituents is 1. The minimum Gasteiger partial charge on any atom is -0.481 e. The highest BCUT2D eigenvalue weighted by Gasteiger charge is 2.20. The van der Waals surface area contributed by atoms with Gasteiger partial charge in [0.2, 0.25) is 0 Å². The number of hydrogen-bond acceptors (Lipinski definition) is 4. The lowest BCUT2D eigenvalue weighted by Gasteiger charge is -2.20. The van der Waals surface area contributed by atoms with Gasteiger partial charge in [-0.25, -0.2) is 0 Å². The summed E-state index contributed by atoms with van der Waals surface area (Å²) in [6.45, 7) is 3.34. The fraction of sp³-hybridized carbons (Fsp3) is 0.235. The molecule has 1 amide bonds. The van der Waals surface area contributed by atoms with Crippen LogP contribution in [0.2, 0.25) is 10.0 Å². The molecule has 0 radical (unpaired) electrons. The van der Waals surface area contributed by atoms with Crippen molar-refractivity contribution in [2.24, 2.45) is 0 Å². The van der Waals surface area contributed by atoms with Crippen molar-refractivity contribution in [3.8, 4) is 5.75 Å². The quantitative estimate of drug-likeness (QED) is 0.586. The van der Waals surface area contributed by atoms with E-state index in [0.717, 1.165) is 5.56 Å². The second-order valence-corrected chi connectivity index (χ2v) is 6.25. The van der Waals surface area contributed by atoms with E-state index in [1.54, 1.807) is 38.1 Å². The van der Waals surface area contributed by atoms with Crippen molar-refractivity contribution in [1.29, 1.82) is 0 Å². The van der Waals surface area contributed by atoms with Crippen molar-refractivity contribution < 1.29 is 14.5 Å². The number of nitro groups is 1. The van der Waals surface area contributed by atoms with Gasteiger partial charge in [-0.3, -0.25) is 14.9 Å². The zero-order valence-corrected chi connectivity index (χ0v) is 15.0. The second-order valence-electron chi connectivity index (χ2n) is 5.41. The fourth-order valence-corrected chi connectivity index (χ4v) is 2.76. The number of hydrogen-bond donors (Lipinski definition) is 1. The molecule has 6 nitrogen and oxygen atoms in total. The first-order chi connectivity index (χ1) is 11.8. The largest absolute Gasteiger partial charge is 0.481 e. The van der Waals surface area contributed by atoms with Crippen LogP contribution in [0.1, 0.15) is 25.5 Å². The van der Waals surface area contributed by atoms with E-state index in [2.05, 4.69) is 5.32 Å². The van der Waals surface area contributed by atoms with Gasteiger partial charge in [0.05, 0.1) is 17.0 Å². The van der Waals surface area contributed by atoms with Crippen molar-refractivity contribution >= 4 is 34.8 Å². The Balaban J connectivity index is 2.02. The van der Waals surface area contributed by atoms with Gasteiger partial charge in [-0.2, -0.15) is 0 Å². The lowest BCUT2D eigenvalue weighted by molar-refractivity contribution is -0.384. The smallest absolute Gasteiger partial charge is 0.273 e. The highest BCUT2D eigenvalue weighted by Crippen LogP contribution is 2.26. The molecule has 132 valence electrons. The zero-order chi connectivity index (χ0) is 18.6. The van der Waals surface area contributed by atoms with Crippen LogP contribution in [0.5, 0.6) is 5.75 Å². The number of amides is 1. The van der Waals surface area contributed by atoms with Crippen LogP contribution in [-0.2, 0) is 4.79 Å². The van der Waals surface area contributed by atoms with Crippen LogP contribution >= 0.6 is 23.2 Å². The molecule has 8 heteroatoms. The van der Waals surface area contributed by atoms with Crippen LogP contribution in [0, 0.1) is 10.1 Å². The molecule has 2 rings (SSSR count). The molecule has 1 N–H and O–H groups in total. The number of rotatable bonds is 6. The van der Waals surface area contributed by atoms with Crippen LogP contribution in [0.3, 0.4) is 0 Å². The van der Waals surface area contributed by atoms with Crippen LogP contribution < -0.4 is 10.1 Å². The third kappa shape index (κ3) is 5.08. The van der Waals surface area contributed by atoms with Crippen molar-refractivity contribution in [3.05, 3.63) is 68.2 Å². The molecule has 0 aromatic heterocycles. The van der Waals surface area contributed by atoms with E-state index in [1.165, 1.54) is 18.2 Å². The average Bonchev–Trinajstić information content (AvgIpc) is 2.54. The molecule has 0 heterocycles. The minimum atomic E-state index is -0.837. The molecule has 25 heavy (non-hydrogen) atoms. The van der Waals surface area contributed by atoms with Crippen LogP contribution in [0.25, 0.3) is 0 Å². The maximum absolute atomic E-state index is 12.3. The van der Waals surface area contributed by atoms with Gasteiger partial charge < -0.3 is 10.1 Å². The predicted molar refractivity (Wildman–Crippen MR) is 96.2 cm³/mol. The standard InChI is InChI=1S/C17H16Cl2N2O4/c1-10(15-7-6-12(18)8-16(15)19)20-17(22)11(2)25-14-5-3-4-13(9-14)21(23)24/h3-11H,1-2H3,(H,20,22)/t10-,11-/m0/s1. The molecule has 0 aliphatic carbocycles. The molecule has 0 spiro atoms. The Bertz CT molecular complexity index is 798. The highest BCUT2D eigenvalue weighted by atomic mass is 35.5. The number of carbonyl (C=O) groups excluding carboxylic acids is 1. The van der Waals surface area contributed by atoms with Crippen LogP contribution in [-0.4, -0.2) is 16.9 Å². The number of benzene rings is 2. The molecular formula is C17H16Cl2N2O4. The van der Waals surface area contributed by atoms with Gasteiger partial charge in [0.1, 0.15) is 5.75 Å². The Morgan fingerprint density at radius 3 is 2.56 bits per heavy atom. The van der Waals surface area contributed by atoms with E-state index in [4.69, 9.17) is 27.9 Å². The third-order valence-electron chi connectivity index (χ3n) is 3.50. The maximum atomic E-state index is 12.3. The number of ether oxygens (including phenoxy) is 1. The van der Waals surface area contributed by atoms with Gasteiger partial charge in [-0.1, -0.05) is 35.3 Å². The molecular weight excluding hydrogens is 367 g/mol. The van der Waals surface area contributed by atoms with Gasteiger partial charge in [-0.05, 0) is 37.6 Å². The molecule has 2 atom stereocenters. The Kier molecular flexibility index (Phi) is 6.22. The first-order valence-electron chi connectivity index (χ1n) is 7.44. The Labute approximate surface area is 154 Å². The lowest BCUT2D eigenvalue weighted by atomic mass is 10.1. The zero-order valence-electron chi connectivity index (χ0n) is 13.5. The lowest BCUT2D eigenvalue weighted by Crippen LogP contribution is -2.37. The van der Waals surface area contributed by atoms with Crippen molar-refractivity contribution in [2.45, 2.75) is 26.0 Å². The molecule has 2 aromatic rings. The normalized spacial score (nSPS) is 13.0. The van der Waals surface area contributed by atoms with E-state index in [9.17, 15) is 14.9 Å². The topological polar surface area (TPSA) is 81.5 Å². The fourth-order valence-electron chi connectivity index (χ4n) is 2.19. The number of carbonyl (C=O) groups is 1. The summed E-state index contributed by atoms with van der Waals surface area (Å²) in [4.78, 5) is 22.5. The van der Waals surface area contributed by atoms with E-state index < -0.39 is 11.0 Å². The minimum absolute atomic E-state index is 0.105. The van der Waals surface area contributed by atoms with Gasteiger partial charge in [0.15, 0.2) is 6.10 Å². The first kappa shape index (κ1) is 19.0. The summed E-state index contributed by atoms with van der Waals surface area (Å²) in [6, 6.07) is 10.3. The molecule has 0 aliphatic heterocycles. The number of non-ortho nitro benzene ring substituents is 1. The van der Waals surface area contributed by atoms with Crippen molar-refractivity contribution in [2.75, 3.05) is 0 Å². The summed E-state index contributed by atoms with van der Waals surface area (Å²) in [5.74, 6) is -0.126. The predicted octanol–water partition coefficient (Wildman–Crippen LogP) is 4.55. The highest BCUT2D eigenvalue weighted by molar-refractivity contribution is 6.35.